The van der Waals surface area contributed by atoms with Crippen LogP contribution in [0.25, 0.3) is 10.9 Å². The van der Waals surface area contributed by atoms with Gasteiger partial charge >= 0.3 is 0 Å². The fourth-order valence-corrected chi connectivity index (χ4v) is 2.77. The van der Waals surface area contributed by atoms with E-state index in [1.54, 1.807) is 12.1 Å². The second kappa shape index (κ2) is 4.37. The van der Waals surface area contributed by atoms with Crippen LogP contribution in [-0.2, 0) is 0 Å². The van der Waals surface area contributed by atoms with Gasteiger partial charge in [0.05, 0.1) is 5.52 Å². The van der Waals surface area contributed by atoms with E-state index in [2.05, 4.69) is 41.4 Å². The number of aromatic nitrogens is 1. The van der Waals surface area contributed by atoms with E-state index >= 15 is 0 Å². The Bertz CT molecular complexity index is 604. The molecule has 0 saturated carbocycles. The van der Waals surface area contributed by atoms with Gasteiger partial charge in [-0.1, -0.05) is 25.4 Å². The van der Waals surface area contributed by atoms with Gasteiger partial charge in [0.2, 0.25) is 0 Å². The van der Waals surface area contributed by atoms with E-state index in [4.69, 9.17) is 11.6 Å². The number of hydrogen-bond donors (Lipinski definition) is 1. The number of hydrogen-bond acceptors (Lipinski definition) is 1. The molecule has 1 aromatic carbocycles. The predicted molar refractivity (Wildman–Crippen MR) is 76.4 cm³/mol. The Kier molecular flexibility index (Phi) is 3.26. The first kappa shape index (κ1) is 11.9. The van der Waals surface area contributed by atoms with Gasteiger partial charge in [-0.3, -0.25) is 4.79 Å². The number of aromatic amines is 1. The van der Waals surface area contributed by atoms with Crippen molar-refractivity contribution >= 4 is 45.1 Å². The van der Waals surface area contributed by atoms with Crippen molar-refractivity contribution in [1.82, 2.24) is 4.98 Å². The Morgan fingerprint density at radius 3 is 2.62 bits per heavy atom. The molecule has 2 rings (SSSR count). The van der Waals surface area contributed by atoms with Gasteiger partial charge in [0.1, 0.15) is 0 Å². The highest BCUT2D eigenvalue weighted by molar-refractivity contribution is 14.1. The molecule has 1 aromatic heterocycles. The molecule has 0 saturated heterocycles. The molecule has 4 heteroatoms. The van der Waals surface area contributed by atoms with E-state index in [9.17, 15) is 4.79 Å². The predicted octanol–water partition coefficient (Wildman–Crippen LogP) is 3.91. The second-order valence-corrected chi connectivity index (χ2v) is 5.65. The summed E-state index contributed by atoms with van der Waals surface area (Å²) in [4.78, 5) is 15.2. The number of fused-ring (bicyclic) bond motifs is 1. The van der Waals surface area contributed by atoms with Crippen LogP contribution in [0.5, 0.6) is 0 Å². The molecule has 0 atom stereocenters. The van der Waals surface area contributed by atoms with Gasteiger partial charge in [0.15, 0.2) is 5.43 Å². The van der Waals surface area contributed by atoms with Crippen molar-refractivity contribution in [3.8, 4) is 0 Å². The Labute approximate surface area is 112 Å². The number of H-pyrrole nitrogens is 1. The van der Waals surface area contributed by atoms with Crippen LogP contribution in [0.4, 0.5) is 0 Å². The van der Waals surface area contributed by atoms with Gasteiger partial charge in [0, 0.05) is 25.7 Å². The van der Waals surface area contributed by atoms with Crippen LogP contribution in [-0.4, -0.2) is 4.98 Å². The maximum Gasteiger partial charge on any atom is 0.189 e. The first-order valence-electron chi connectivity index (χ1n) is 5.01. The van der Waals surface area contributed by atoms with E-state index in [1.165, 1.54) is 0 Å². The zero-order chi connectivity index (χ0) is 11.9. The van der Waals surface area contributed by atoms with Crippen molar-refractivity contribution in [2.24, 2.45) is 0 Å². The standard InChI is InChI=1S/C12H11ClINO/c1-6(2)10-5-11(16)8-3-7(13)4-9(14)12(8)15-10/h3-6H,1-2H3,(H,15,16). The molecule has 0 radical (unpaired) electrons. The van der Waals surface area contributed by atoms with Crippen LogP contribution in [0.2, 0.25) is 5.02 Å². The van der Waals surface area contributed by atoms with Gasteiger partial charge < -0.3 is 4.98 Å². The van der Waals surface area contributed by atoms with Gasteiger partial charge in [-0.15, -0.1) is 0 Å². The third kappa shape index (κ3) is 2.11. The average molecular weight is 348 g/mol. The smallest absolute Gasteiger partial charge is 0.189 e. The molecule has 0 aliphatic carbocycles. The summed E-state index contributed by atoms with van der Waals surface area (Å²) in [5.41, 5.74) is 1.86. The molecule has 2 nitrogen and oxygen atoms in total. The van der Waals surface area contributed by atoms with Crippen molar-refractivity contribution in [2.45, 2.75) is 19.8 Å². The van der Waals surface area contributed by atoms with Gasteiger partial charge in [0.25, 0.3) is 0 Å². The summed E-state index contributed by atoms with van der Waals surface area (Å²) in [5, 5.41) is 1.25. The van der Waals surface area contributed by atoms with Crippen molar-refractivity contribution in [2.75, 3.05) is 0 Å². The Hall–Kier alpha value is -0.550. The molecule has 0 aliphatic rings. The number of halogens is 2. The first-order valence-corrected chi connectivity index (χ1v) is 6.46. The number of benzene rings is 1. The number of nitrogens with one attached hydrogen (secondary N) is 1. The average Bonchev–Trinajstić information content (AvgIpc) is 2.19. The van der Waals surface area contributed by atoms with Crippen molar-refractivity contribution in [3.63, 3.8) is 0 Å². The van der Waals surface area contributed by atoms with E-state index < -0.39 is 0 Å². The molecule has 2 aromatic rings. The monoisotopic (exact) mass is 347 g/mol. The molecule has 84 valence electrons. The SMILES string of the molecule is CC(C)c1cc(=O)c2cc(Cl)cc(I)c2[nH]1. The zero-order valence-electron chi connectivity index (χ0n) is 8.97. The van der Waals surface area contributed by atoms with Crippen molar-refractivity contribution in [3.05, 3.63) is 42.7 Å². The lowest BCUT2D eigenvalue weighted by Gasteiger charge is -2.08. The summed E-state index contributed by atoms with van der Waals surface area (Å²) >= 11 is 8.13. The maximum absolute atomic E-state index is 11.9. The summed E-state index contributed by atoms with van der Waals surface area (Å²) < 4.78 is 0.972. The highest BCUT2D eigenvalue weighted by Crippen LogP contribution is 2.23. The fourth-order valence-electron chi connectivity index (χ4n) is 1.61. The largest absolute Gasteiger partial charge is 0.357 e. The first-order chi connectivity index (χ1) is 7.49. The molecule has 1 heterocycles. The lowest BCUT2D eigenvalue weighted by molar-refractivity contribution is 0.828. The molecule has 0 unspecified atom stereocenters. The topological polar surface area (TPSA) is 32.9 Å². The quantitative estimate of drug-likeness (QED) is 0.780. The van der Waals surface area contributed by atoms with E-state index in [0.717, 1.165) is 14.8 Å². The van der Waals surface area contributed by atoms with Crippen LogP contribution in [0.1, 0.15) is 25.5 Å². The zero-order valence-corrected chi connectivity index (χ0v) is 11.9. The molecule has 0 bridgehead atoms. The van der Waals surface area contributed by atoms with E-state index in [1.807, 2.05) is 6.07 Å². The molecule has 0 spiro atoms. The van der Waals surface area contributed by atoms with Gasteiger partial charge in [-0.2, -0.15) is 0 Å². The summed E-state index contributed by atoms with van der Waals surface area (Å²) in [7, 11) is 0. The van der Waals surface area contributed by atoms with E-state index in [-0.39, 0.29) is 5.43 Å². The number of pyridine rings is 1. The minimum atomic E-state index is 0.0258. The van der Waals surface area contributed by atoms with Crippen LogP contribution in [0.15, 0.2) is 23.0 Å². The lowest BCUT2D eigenvalue weighted by Crippen LogP contribution is -2.07. The normalized spacial score (nSPS) is 11.3. The van der Waals surface area contributed by atoms with Crippen molar-refractivity contribution in [1.29, 1.82) is 0 Å². The fraction of sp³-hybridized carbons (Fsp3) is 0.250. The summed E-state index contributed by atoms with van der Waals surface area (Å²) in [5.74, 6) is 0.309. The van der Waals surface area contributed by atoms with Crippen LogP contribution in [0.3, 0.4) is 0 Å². The molecule has 0 fully saturated rings. The third-order valence-electron chi connectivity index (χ3n) is 2.50. The molecular formula is C12H11ClINO. The Balaban J connectivity index is 2.87. The second-order valence-electron chi connectivity index (χ2n) is 4.05. The Morgan fingerprint density at radius 2 is 2.00 bits per heavy atom. The minimum Gasteiger partial charge on any atom is -0.357 e. The van der Waals surface area contributed by atoms with Crippen LogP contribution in [0, 0.1) is 3.57 Å². The maximum atomic E-state index is 11.9. The third-order valence-corrected chi connectivity index (χ3v) is 3.57. The molecule has 1 N–H and O–H groups in total. The molecular weight excluding hydrogens is 336 g/mol. The molecule has 0 aliphatic heterocycles. The van der Waals surface area contributed by atoms with Crippen LogP contribution < -0.4 is 5.43 Å². The molecule has 16 heavy (non-hydrogen) atoms. The van der Waals surface area contributed by atoms with Gasteiger partial charge in [-0.25, -0.2) is 0 Å². The summed E-state index contributed by atoms with van der Waals surface area (Å²) in [6.45, 7) is 4.11. The minimum absolute atomic E-state index is 0.0258. The Morgan fingerprint density at radius 1 is 1.31 bits per heavy atom. The lowest BCUT2D eigenvalue weighted by atomic mass is 10.1. The highest BCUT2D eigenvalue weighted by Gasteiger charge is 2.08. The van der Waals surface area contributed by atoms with Gasteiger partial charge in [-0.05, 0) is 40.6 Å². The summed E-state index contributed by atoms with van der Waals surface area (Å²) in [6.07, 6.45) is 0. The van der Waals surface area contributed by atoms with E-state index in [0.29, 0.717) is 16.3 Å². The highest BCUT2D eigenvalue weighted by atomic mass is 127. The van der Waals surface area contributed by atoms with Crippen LogP contribution >= 0.6 is 34.2 Å². The number of rotatable bonds is 1. The van der Waals surface area contributed by atoms with Crippen molar-refractivity contribution < 1.29 is 0 Å². The summed E-state index contributed by atoms with van der Waals surface area (Å²) in [6, 6.07) is 5.21. The molecule has 0 amide bonds.